The van der Waals surface area contributed by atoms with Crippen molar-refractivity contribution in [1.29, 1.82) is 0 Å². The fourth-order valence-electron chi connectivity index (χ4n) is 4.14. The summed E-state index contributed by atoms with van der Waals surface area (Å²) >= 11 is 0. The quantitative estimate of drug-likeness (QED) is 0.535. The summed E-state index contributed by atoms with van der Waals surface area (Å²) in [6.07, 6.45) is 4.47. The lowest BCUT2D eigenvalue weighted by Gasteiger charge is -2.29. The molecule has 7 heteroatoms. The van der Waals surface area contributed by atoms with Gasteiger partial charge in [0, 0.05) is 23.8 Å². The Hall–Kier alpha value is -2.67. The molecule has 4 N–H and O–H groups in total. The number of rotatable bonds is 6. The van der Waals surface area contributed by atoms with Crippen LogP contribution in [0.4, 0.5) is 17.5 Å². The third-order valence-corrected chi connectivity index (χ3v) is 5.78. The molecule has 1 fully saturated rings. The van der Waals surface area contributed by atoms with Gasteiger partial charge in [-0.05, 0) is 44.7 Å². The minimum atomic E-state index is 0.131. The van der Waals surface area contributed by atoms with Gasteiger partial charge in [0.05, 0.1) is 5.69 Å². The van der Waals surface area contributed by atoms with Crippen LogP contribution in [0.3, 0.4) is 0 Å². The first-order valence-electron chi connectivity index (χ1n) is 11.1. The molecule has 1 aliphatic carbocycles. The summed E-state index contributed by atoms with van der Waals surface area (Å²) in [5.74, 6) is 1.65. The Morgan fingerprint density at radius 2 is 1.77 bits per heavy atom. The van der Waals surface area contributed by atoms with Gasteiger partial charge in [0.15, 0.2) is 5.82 Å². The third-order valence-electron chi connectivity index (χ3n) is 5.78. The van der Waals surface area contributed by atoms with Crippen molar-refractivity contribution in [1.82, 2.24) is 19.7 Å². The molecular formula is C23H33N7. The number of hydrogen-bond donors (Lipinski definition) is 3. The summed E-state index contributed by atoms with van der Waals surface area (Å²) in [4.78, 5) is 9.82. The molecule has 1 aliphatic rings. The van der Waals surface area contributed by atoms with E-state index in [1.807, 2.05) is 35.0 Å². The number of nitrogens with two attached hydrogens (primary N) is 1. The molecule has 0 bridgehead atoms. The normalized spacial score (nSPS) is 19.6. The maximum atomic E-state index is 6.37. The van der Waals surface area contributed by atoms with Crippen LogP contribution in [0.5, 0.6) is 0 Å². The maximum Gasteiger partial charge on any atom is 0.225 e. The van der Waals surface area contributed by atoms with Crippen LogP contribution in [0.2, 0.25) is 0 Å². The predicted octanol–water partition coefficient (Wildman–Crippen LogP) is 4.96. The average Bonchev–Trinajstić information content (AvgIpc) is 3.11. The van der Waals surface area contributed by atoms with E-state index in [1.54, 1.807) is 0 Å². The Morgan fingerprint density at radius 3 is 2.43 bits per heavy atom. The lowest BCUT2D eigenvalue weighted by Crippen LogP contribution is -2.43. The van der Waals surface area contributed by atoms with E-state index in [2.05, 4.69) is 38.3 Å². The summed E-state index contributed by atoms with van der Waals surface area (Å²) in [5, 5.41) is 11.9. The zero-order chi connectivity index (χ0) is 21.3. The third kappa shape index (κ3) is 4.12. The van der Waals surface area contributed by atoms with Crippen molar-refractivity contribution in [3.8, 4) is 0 Å². The predicted molar refractivity (Wildman–Crippen MR) is 123 cm³/mol. The van der Waals surface area contributed by atoms with E-state index in [1.165, 1.54) is 12.8 Å². The van der Waals surface area contributed by atoms with E-state index in [0.717, 1.165) is 41.1 Å². The van der Waals surface area contributed by atoms with Gasteiger partial charge < -0.3 is 16.4 Å². The summed E-state index contributed by atoms with van der Waals surface area (Å²) in [6.45, 7) is 8.58. The Kier molecular flexibility index (Phi) is 5.90. The van der Waals surface area contributed by atoms with E-state index in [9.17, 15) is 0 Å². The lowest BCUT2D eigenvalue weighted by molar-refractivity contribution is 0.402. The second-order valence-corrected chi connectivity index (χ2v) is 8.86. The molecular weight excluding hydrogens is 374 g/mol. The average molecular weight is 408 g/mol. The molecule has 4 rings (SSSR count). The first-order valence-corrected chi connectivity index (χ1v) is 11.1. The number of anilines is 3. The maximum absolute atomic E-state index is 6.37. The van der Waals surface area contributed by atoms with Gasteiger partial charge >= 0.3 is 0 Å². The molecule has 2 aromatic heterocycles. The monoisotopic (exact) mass is 407 g/mol. The highest BCUT2D eigenvalue weighted by molar-refractivity contribution is 5.91. The smallest absolute Gasteiger partial charge is 0.225 e. The minimum absolute atomic E-state index is 0.131. The number of hydrogen-bond acceptors (Lipinski definition) is 6. The minimum Gasteiger partial charge on any atom is -0.350 e. The van der Waals surface area contributed by atoms with Crippen LogP contribution >= 0.6 is 0 Å². The van der Waals surface area contributed by atoms with Crippen LogP contribution in [0, 0.1) is 0 Å². The lowest BCUT2D eigenvalue weighted by atomic mass is 9.91. The zero-order valence-electron chi connectivity index (χ0n) is 18.4. The van der Waals surface area contributed by atoms with Gasteiger partial charge in [0.25, 0.3) is 0 Å². The van der Waals surface area contributed by atoms with Crippen molar-refractivity contribution in [2.24, 2.45) is 5.73 Å². The van der Waals surface area contributed by atoms with Gasteiger partial charge in [-0.2, -0.15) is 10.1 Å². The molecule has 0 amide bonds. The number of nitrogens with one attached hydrogen (secondary N) is 2. The number of fused-ring (bicyclic) bond motifs is 1. The first-order chi connectivity index (χ1) is 14.4. The van der Waals surface area contributed by atoms with Crippen LogP contribution in [0.1, 0.15) is 71.0 Å². The Balaban J connectivity index is 1.83. The zero-order valence-corrected chi connectivity index (χ0v) is 18.4. The largest absolute Gasteiger partial charge is 0.350 e. The molecule has 160 valence electrons. The van der Waals surface area contributed by atoms with Gasteiger partial charge in [-0.25, -0.2) is 4.98 Å². The number of para-hydroxylation sites is 1. The molecule has 2 atom stereocenters. The van der Waals surface area contributed by atoms with Crippen LogP contribution in [-0.4, -0.2) is 31.8 Å². The van der Waals surface area contributed by atoms with E-state index in [-0.39, 0.29) is 24.0 Å². The molecule has 2 unspecified atom stereocenters. The molecule has 0 saturated heterocycles. The van der Waals surface area contributed by atoms with Gasteiger partial charge in [0.1, 0.15) is 11.0 Å². The highest BCUT2D eigenvalue weighted by Gasteiger charge is 2.25. The molecule has 30 heavy (non-hydrogen) atoms. The Morgan fingerprint density at radius 1 is 1.03 bits per heavy atom. The van der Waals surface area contributed by atoms with Crippen LogP contribution in [0.25, 0.3) is 11.0 Å². The summed E-state index contributed by atoms with van der Waals surface area (Å²) < 4.78 is 2.03. The first kappa shape index (κ1) is 20.6. The van der Waals surface area contributed by atoms with Gasteiger partial charge in [-0.15, -0.1) is 0 Å². The van der Waals surface area contributed by atoms with Crippen molar-refractivity contribution in [3.63, 3.8) is 0 Å². The molecule has 0 aliphatic heterocycles. The van der Waals surface area contributed by atoms with Crippen molar-refractivity contribution >= 4 is 28.5 Å². The topological polar surface area (TPSA) is 93.7 Å². The molecule has 1 aromatic carbocycles. The molecule has 2 heterocycles. The Labute approximate surface area is 178 Å². The summed E-state index contributed by atoms with van der Waals surface area (Å²) in [6, 6.07) is 10.6. The molecule has 3 aromatic rings. The van der Waals surface area contributed by atoms with E-state index < -0.39 is 0 Å². The fraction of sp³-hybridized carbons (Fsp3) is 0.522. The van der Waals surface area contributed by atoms with Gasteiger partial charge in [-0.1, -0.05) is 44.9 Å². The van der Waals surface area contributed by atoms with Crippen molar-refractivity contribution < 1.29 is 0 Å². The van der Waals surface area contributed by atoms with Crippen molar-refractivity contribution in [2.45, 2.75) is 77.4 Å². The Bertz CT molecular complexity index is 994. The number of aromatic nitrogens is 4. The standard InChI is InChI=1S/C23H33N7/c1-14(2)19-20-21(30(29-19)15(3)4)22(25-16-10-6-5-7-11-16)28-23(27-20)26-18-13-9-8-12-17(18)24/h5-7,10-11,14-15,17-18H,8-9,12-13,24H2,1-4H3,(H2,25,26,27,28). The SMILES string of the molecule is CC(C)c1nn(C(C)C)c2c(Nc3ccccc3)nc(NC3CCCCC3N)nc12. The second-order valence-electron chi connectivity index (χ2n) is 8.86. The number of nitrogens with zero attached hydrogens (tertiary/aromatic N) is 4. The van der Waals surface area contributed by atoms with Crippen LogP contribution in [0.15, 0.2) is 30.3 Å². The van der Waals surface area contributed by atoms with E-state index in [0.29, 0.717) is 5.95 Å². The van der Waals surface area contributed by atoms with Crippen LogP contribution < -0.4 is 16.4 Å². The molecule has 1 saturated carbocycles. The highest BCUT2D eigenvalue weighted by Crippen LogP contribution is 2.33. The van der Waals surface area contributed by atoms with Gasteiger partial charge in [-0.3, -0.25) is 4.68 Å². The number of benzene rings is 1. The highest BCUT2D eigenvalue weighted by atomic mass is 15.3. The summed E-state index contributed by atoms with van der Waals surface area (Å²) in [7, 11) is 0. The van der Waals surface area contributed by atoms with E-state index in [4.69, 9.17) is 20.8 Å². The van der Waals surface area contributed by atoms with Gasteiger partial charge in [0.2, 0.25) is 5.95 Å². The van der Waals surface area contributed by atoms with E-state index >= 15 is 0 Å². The fourth-order valence-corrected chi connectivity index (χ4v) is 4.14. The van der Waals surface area contributed by atoms with Crippen molar-refractivity contribution in [3.05, 3.63) is 36.0 Å². The molecule has 0 spiro atoms. The molecule has 0 radical (unpaired) electrons. The van der Waals surface area contributed by atoms with Crippen molar-refractivity contribution in [2.75, 3.05) is 10.6 Å². The summed E-state index contributed by atoms with van der Waals surface area (Å²) in [5.41, 5.74) is 10.2. The van der Waals surface area contributed by atoms with Crippen LogP contribution in [-0.2, 0) is 0 Å². The molecule has 7 nitrogen and oxygen atoms in total. The second kappa shape index (κ2) is 8.60.